The molecule has 19 heavy (non-hydrogen) atoms. The molecule has 0 radical (unpaired) electrons. The summed E-state index contributed by atoms with van der Waals surface area (Å²) >= 11 is 0. The Hall–Kier alpha value is -1.04. The van der Waals surface area contributed by atoms with Crippen LogP contribution in [0.1, 0.15) is 38.2 Å². The molecule has 0 atom stereocenters. The van der Waals surface area contributed by atoms with Crippen molar-refractivity contribution in [3.63, 3.8) is 0 Å². The maximum Gasteiger partial charge on any atom is 0.488 e. The summed E-state index contributed by atoms with van der Waals surface area (Å²) in [5, 5.41) is 18.3. The zero-order valence-electron chi connectivity index (χ0n) is 11.8. The van der Waals surface area contributed by atoms with Crippen molar-refractivity contribution in [3.8, 4) is 5.75 Å². The van der Waals surface area contributed by atoms with Gasteiger partial charge in [0, 0.05) is 12.2 Å². The largest absolute Gasteiger partial charge is 0.496 e. The Labute approximate surface area is 115 Å². The van der Waals surface area contributed by atoms with Crippen molar-refractivity contribution in [2.24, 2.45) is 0 Å². The molecule has 0 aliphatic heterocycles. The molecule has 0 aliphatic carbocycles. The SMILES string of the molecule is CCCCCCOCc1cc(B(O)O)ccc1OC. The highest BCUT2D eigenvalue weighted by Crippen LogP contribution is 2.17. The molecule has 106 valence electrons. The van der Waals surface area contributed by atoms with Gasteiger partial charge >= 0.3 is 7.12 Å². The van der Waals surface area contributed by atoms with E-state index < -0.39 is 7.12 Å². The van der Waals surface area contributed by atoms with E-state index in [1.54, 1.807) is 25.3 Å². The Morgan fingerprint density at radius 1 is 1.16 bits per heavy atom. The average Bonchev–Trinajstić information content (AvgIpc) is 2.42. The second kappa shape index (κ2) is 8.96. The molecule has 0 saturated carbocycles. The molecule has 0 amide bonds. The molecule has 2 N–H and O–H groups in total. The third-order valence-corrected chi connectivity index (χ3v) is 3.00. The van der Waals surface area contributed by atoms with Crippen LogP contribution < -0.4 is 10.2 Å². The first-order valence-electron chi connectivity index (χ1n) is 6.79. The van der Waals surface area contributed by atoms with E-state index in [-0.39, 0.29) is 0 Å². The van der Waals surface area contributed by atoms with Crippen molar-refractivity contribution >= 4 is 12.6 Å². The quantitative estimate of drug-likeness (QED) is 0.525. The molecule has 0 saturated heterocycles. The third-order valence-electron chi connectivity index (χ3n) is 3.00. The van der Waals surface area contributed by atoms with Crippen LogP contribution in [0.2, 0.25) is 0 Å². The molecule has 0 heterocycles. The zero-order valence-corrected chi connectivity index (χ0v) is 11.8. The second-order valence-electron chi connectivity index (χ2n) is 4.56. The standard InChI is InChI=1S/C14H23BO4/c1-3-4-5-6-9-19-11-12-10-13(15(16)17)7-8-14(12)18-2/h7-8,10,16-17H,3-6,9,11H2,1-2H3. The highest BCUT2D eigenvalue weighted by molar-refractivity contribution is 6.58. The summed E-state index contributed by atoms with van der Waals surface area (Å²) < 4.78 is 10.8. The molecule has 1 rings (SSSR count). The van der Waals surface area contributed by atoms with Crippen LogP contribution in [-0.2, 0) is 11.3 Å². The average molecular weight is 266 g/mol. The Morgan fingerprint density at radius 2 is 1.95 bits per heavy atom. The van der Waals surface area contributed by atoms with Crippen LogP contribution in [-0.4, -0.2) is 30.9 Å². The molecular weight excluding hydrogens is 243 g/mol. The third kappa shape index (κ3) is 5.64. The minimum absolute atomic E-state index is 0.426. The number of ether oxygens (including phenoxy) is 2. The maximum absolute atomic E-state index is 9.15. The van der Waals surface area contributed by atoms with Gasteiger partial charge in [0.05, 0.1) is 13.7 Å². The molecule has 4 nitrogen and oxygen atoms in total. The topological polar surface area (TPSA) is 58.9 Å². The van der Waals surface area contributed by atoms with Gasteiger partial charge in [-0.25, -0.2) is 0 Å². The van der Waals surface area contributed by atoms with E-state index >= 15 is 0 Å². The normalized spacial score (nSPS) is 10.5. The van der Waals surface area contributed by atoms with Crippen molar-refractivity contribution in [3.05, 3.63) is 23.8 Å². The summed E-state index contributed by atoms with van der Waals surface area (Å²) in [6, 6.07) is 5.06. The first-order valence-corrected chi connectivity index (χ1v) is 6.79. The second-order valence-corrected chi connectivity index (χ2v) is 4.56. The summed E-state index contributed by atoms with van der Waals surface area (Å²) in [6.07, 6.45) is 4.69. The van der Waals surface area contributed by atoms with Crippen molar-refractivity contribution in [1.82, 2.24) is 0 Å². The Bertz CT molecular complexity index is 368. The van der Waals surface area contributed by atoms with Gasteiger partial charge in [-0.05, 0) is 17.9 Å². The predicted molar refractivity (Wildman–Crippen MR) is 76.6 cm³/mol. The van der Waals surface area contributed by atoms with E-state index in [1.807, 2.05) is 0 Å². The van der Waals surface area contributed by atoms with Gasteiger partial charge in [0.1, 0.15) is 5.75 Å². The van der Waals surface area contributed by atoms with Crippen LogP contribution in [0.5, 0.6) is 5.75 Å². The van der Waals surface area contributed by atoms with Gasteiger partial charge in [0.25, 0.3) is 0 Å². The fourth-order valence-electron chi connectivity index (χ4n) is 1.88. The number of hydrogen-bond acceptors (Lipinski definition) is 4. The summed E-state index contributed by atoms with van der Waals surface area (Å²) in [6.45, 7) is 3.32. The minimum Gasteiger partial charge on any atom is -0.496 e. The fourth-order valence-corrected chi connectivity index (χ4v) is 1.88. The number of unbranched alkanes of at least 4 members (excludes halogenated alkanes) is 3. The highest BCUT2D eigenvalue weighted by Gasteiger charge is 2.13. The predicted octanol–water partition coefficient (Wildman–Crippen LogP) is 1.47. The maximum atomic E-state index is 9.15. The van der Waals surface area contributed by atoms with Gasteiger partial charge in [-0.1, -0.05) is 38.3 Å². The Kier molecular flexibility index (Phi) is 7.56. The molecule has 0 spiro atoms. The molecular formula is C14H23BO4. The van der Waals surface area contributed by atoms with Gasteiger partial charge in [-0.15, -0.1) is 0 Å². The lowest BCUT2D eigenvalue weighted by Crippen LogP contribution is -2.30. The first-order chi connectivity index (χ1) is 9.19. The lowest BCUT2D eigenvalue weighted by atomic mass is 9.79. The minimum atomic E-state index is -1.46. The molecule has 1 aromatic rings. The van der Waals surface area contributed by atoms with E-state index in [4.69, 9.17) is 19.5 Å². The number of hydrogen-bond donors (Lipinski definition) is 2. The van der Waals surface area contributed by atoms with Crippen LogP contribution in [0.3, 0.4) is 0 Å². The summed E-state index contributed by atoms with van der Waals surface area (Å²) in [4.78, 5) is 0. The van der Waals surface area contributed by atoms with Gasteiger partial charge < -0.3 is 19.5 Å². The van der Waals surface area contributed by atoms with E-state index in [0.29, 0.717) is 17.8 Å². The number of rotatable bonds is 9. The molecule has 0 unspecified atom stereocenters. The number of methoxy groups -OCH3 is 1. The monoisotopic (exact) mass is 266 g/mol. The molecule has 0 bridgehead atoms. The molecule has 0 aliphatic rings. The van der Waals surface area contributed by atoms with Crippen LogP contribution in [0.15, 0.2) is 18.2 Å². The molecule has 1 aromatic carbocycles. The van der Waals surface area contributed by atoms with Crippen molar-refractivity contribution in [2.45, 2.75) is 39.2 Å². The van der Waals surface area contributed by atoms with E-state index in [9.17, 15) is 0 Å². The Balaban J connectivity index is 2.48. The van der Waals surface area contributed by atoms with E-state index in [2.05, 4.69) is 6.92 Å². The van der Waals surface area contributed by atoms with Crippen LogP contribution in [0, 0.1) is 0 Å². The van der Waals surface area contributed by atoms with Gasteiger partial charge in [0.2, 0.25) is 0 Å². The molecule has 0 aromatic heterocycles. The smallest absolute Gasteiger partial charge is 0.488 e. The lowest BCUT2D eigenvalue weighted by Gasteiger charge is -2.11. The van der Waals surface area contributed by atoms with Gasteiger partial charge in [-0.2, -0.15) is 0 Å². The van der Waals surface area contributed by atoms with Crippen molar-refractivity contribution in [2.75, 3.05) is 13.7 Å². The Morgan fingerprint density at radius 3 is 2.58 bits per heavy atom. The fraction of sp³-hybridized carbons (Fsp3) is 0.571. The highest BCUT2D eigenvalue weighted by atomic mass is 16.5. The summed E-state index contributed by atoms with van der Waals surface area (Å²) in [5.74, 6) is 0.706. The summed E-state index contributed by atoms with van der Waals surface area (Å²) in [5.41, 5.74) is 1.29. The lowest BCUT2D eigenvalue weighted by molar-refractivity contribution is 0.115. The van der Waals surface area contributed by atoms with Gasteiger partial charge in [0.15, 0.2) is 0 Å². The van der Waals surface area contributed by atoms with Crippen LogP contribution >= 0.6 is 0 Å². The van der Waals surface area contributed by atoms with E-state index in [1.165, 1.54) is 19.3 Å². The van der Waals surface area contributed by atoms with Crippen LogP contribution in [0.4, 0.5) is 0 Å². The summed E-state index contributed by atoms with van der Waals surface area (Å²) in [7, 11) is 0.129. The number of benzene rings is 1. The van der Waals surface area contributed by atoms with Crippen molar-refractivity contribution in [1.29, 1.82) is 0 Å². The van der Waals surface area contributed by atoms with Crippen molar-refractivity contribution < 1.29 is 19.5 Å². The molecule has 0 fully saturated rings. The van der Waals surface area contributed by atoms with Gasteiger partial charge in [-0.3, -0.25) is 0 Å². The first kappa shape index (κ1) is 16.0. The molecule has 5 heteroatoms. The van der Waals surface area contributed by atoms with E-state index in [0.717, 1.165) is 18.6 Å². The van der Waals surface area contributed by atoms with Crippen LogP contribution in [0.25, 0.3) is 0 Å². The zero-order chi connectivity index (χ0) is 14.1.